The number of anilines is 1. The highest BCUT2D eigenvalue weighted by atomic mass is 32.2. The summed E-state index contributed by atoms with van der Waals surface area (Å²) in [5.74, 6) is 1.10. The van der Waals surface area contributed by atoms with Gasteiger partial charge in [-0.1, -0.05) is 6.07 Å². The first-order valence-corrected chi connectivity index (χ1v) is 5.41. The van der Waals surface area contributed by atoms with Crippen molar-refractivity contribution in [3.05, 3.63) is 23.8 Å². The van der Waals surface area contributed by atoms with Crippen LogP contribution >= 0.6 is 11.8 Å². The standard InChI is InChI=1S/C10H13NOS/c1-7-6-13-10-4-8(5-12)2-3-9(10)11-7/h2-4,7,11-12H,5-6H2,1H3. The van der Waals surface area contributed by atoms with Crippen LogP contribution in [0.2, 0.25) is 0 Å². The highest BCUT2D eigenvalue weighted by Crippen LogP contribution is 2.33. The van der Waals surface area contributed by atoms with Crippen LogP contribution in [-0.4, -0.2) is 16.9 Å². The lowest BCUT2D eigenvalue weighted by Crippen LogP contribution is -2.21. The number of fused-ring (bicyclic) bond motifs is 1. The molecule has 0 saturated carbocycles. The fraction of sp³-hybridized carbons (Fsp3) is 0.400. The minimum atomic E-state index is 0.128. The fourth-order valence-electron chi connectivity index (χ4n) is 1.43. The first-order chi connectivity index (χ1) is 6.29. The van der Waals surface area contributed by atoms with E-state index < -0.39 is 0 Å². The SMILES string of the molecule is CC1CSc2cc(CO)ccc2N1. The molecular weight excluding hydrogens is 182 g/mol. The Morgan fingerprint density at radius 3 is 3.23 bits per heavy atom. The normalized spacial score (nSPS) is 20.6. The van der Waals surface area contributed by atoms with Crippen molar-refractivity contribution < 1.29 is 5.11 Å². The van der Waals surface area contributed by atoms with E-state index in [1.54, 1.807) is 0 Å². The molecular formula is C10H13NOS. The molecule has 3 heteroatoms. The quantitative estimate of drug-likeness (QED) is 0.719. The van der Waals surface area contributed by atoms with E-state index in [0.717, 1.165) is 11.3 Å². The molecule has 13 heavy (non-hydrogen) atoms. The zero-order valence-corrected chi connectivity index (χ0v) is 8.40. The molecule has 1 atom stereocenters. The second-order valence-corrected chi connectivity index (χ2v) is 4.41. The molecule has 70 valence electrons. The molecule has 2 N–H and O–H groups in total. The van der Waals surface area contributed by atoms with Crippen molar-refractivity contribution in [3.8, 4) is 0 Å². The number of aliphatic hydroxyl groups excluding tert-OH is 1. The summed E-state index contributed by atoms with van der Waals surface area (Å²) in [6.07, 6.45) is 0. The fourth-order valence-corrected chi connectivity index (χ4v) is 2.46. The second kappa shape index (κ2) is 3.60. The Morgan fingerprint density at radius 1 is 1.62 bits per heavy atom. The van der Waals surface area contributed by atoms with Crippen molar-refractivity contribution in [1.29, 1.82) is 0 Å². The largest absolute Gasteiger partial charge is 0.392 e. The predicted octanol–water partition coefficient (Wildman–Crippen LogP) is 2.08. The zero-order valence-electron chi connectivity index (χ0n) is 7.58. The Morgan fingerprint density at radius 2 is 2.46 bits per heavy atom. The van der Waals surface area contributed by atoms with Gasteiger partial charge in [0.05, 0.1) is 6.61 Å². The van der Waals surface area contributed by atoms with Gasteiger partial charge in [0.25, 0.3) is 0 Å². The Hall–Kier alpha value is -0.670. The summed E-state index contributed by atoms with van der Waals surface area (Å²) in [5, 5.41) is 12.4. The van der Waals surface area contributed by atoms with Gasteiger partial charge in [0.15, 0.2) is 0 Å². The van der Waals surface area contributed by atoms with Gasteiger partial charge in [-0.15, -0.1) is 11.8 Å². The molecule has 0 amide bonds. The van der Waals surface area contributed by atoms with Gasteiger partial charge in [-0.05, 0) is 24.6 Å². The summed E-state index contributed by atoms with van der Waals surface area (Å²) in [7, 11) is 0. The number of nitrogens with one attached hydrogen (secondary N) is 1. The van der Waals surface area contributed by atoms with Crippen molar-refractivity contribution in [3.63, 3.8) is 0 Å². The van der Waals surface area contributed by atoms with E-state index in [1.807, 2.05) is 23.9 Å². The predicted molar refractivity (Wildman–Crippen MR) is 56.2 cm³/mol. The topological polar surface area (TPSA) is 32.3 Å². The van der Waals surface area contributed by atoms with Crippen molar-refractivity contribution in [2.75, 3.05) is 11.1 Å². The van der Waals surface area contributed by atoms with E-state index in [0.29, 0.717) is 6.04 Å². The van der Waals surface area contributed by atoms with E-state index >= 15 is 0 Å². The van der Waals surface area contributed by atoms with Crippen molar-refractivity contribution >= 4 is 17.4 Å². The van der Waals surface area contributed by atoms with E-state index in [9.17, 15) is 0 Å². The van der Waals surface area contributed by atoms with Crippen molar-refractivity contribution in [2.45, 2.75) is 24.5 Å². The van der Waals surface area contributed by atoms with Crippen molar-refractivity contribution in [1.82, 2.24) is 0 Å². The summed E-state index contributed by atoms with van der Waals surface area (Å²) in [5.41, 5.74) is 2.18. The molecule has 1 unspecified atom stereocenters. The monoisotopic (exact) mass is 195 g/mol. The molecule has 1 heterocycles. The van der Waals surface area contributed by atoms with E-state index in [1.165, 1.54) is 10.6 Å². The number of rotatable bonds is 1. The maximum Gasteiger partial charge on any atom is 0.0682 e. The molecule has 0 aromatic heterocycles. The molecule has 0 spiro atoms. The smallest absolute Gasteiger partial charge is 0.0682 e. The lowest BCUT2D eigenvalue weighted by atomic mass is 10.2. The third kappa shape index (κ3) is 1.81. The number of benzene rings is 1. The van der Waals surface area contributed by atoms with Gasteiger partial charge in [0, 0.05) is 22.4 Å². The van der Waals surface area contributed by atoms with Crippen LogP contribution in [0.15, 0.2) is 23.1 Å². The van der Waals surface area contributed by atoms with Gasteiger partial charge in [0.2, 0.25) is 0 Å². The zero-order chi connectivity index (χ0) is 9.26. The average molecular weight is 195 g/mol. The highest BCUT2D eigenvalue weighted by Gasteiger charge is 2.14. The molecule has 0 bridgehead atoms. The molecule has 0 radical (unpaired) electrons. The van der Waals surface area contributed by atoms with Gasteiger partial charge in [-0.2, -0.15) is 0 Å². The van der Waals surface area contributed by atoms with E-state index in [2.05, 4.69) is 18.3 Å². The molecule has 1 aliphatic heterocycles. The molecule has 0 aliphatic carbocycles. The van der Waals surface area contributed by atoms with Gasteiger partial charge in [-0.3, -0.25) is 0 Å². The lowest BCUT2D eigenvalue weighted by Gasteiger charge is -2.23. The molecule has 1 aromatic rings. The Balaban J connectivity index is 2.31. The summed E-state index contributed by atoms with van der Waals surface area (Å²) in [4.78, 5) is 1.25. The van der Waals surface area contributed by atoms with Crippen LogP contribution in [0.3, 0.4) is 0 Å². The molecule has 2 rings (SSSR count). The van der Waals surface area contributed by atoms with Gasteiger partial charge in [-0.25, -0.2) is 0 Å². The summed E-state index contributed by atoms with van der Waals surface area (Å²) < 4.78 is 0. The van der Waals surface area contributed by atoms with Crippen molar-refractivity contribution in [2.24, 2.45) is 0 Å². The molecule has 0 fully saturated rings. The number of aliphatic hydroxyl groups is 1. The van der Waals surface area contributed by atoms with Gasteiger partial charge >= 0.3 is 0 Å². The molecule has 2 nitrogen and oxygen atoms in total. The van der Waals surface area contributed by atoms with Crippen LogP contribution in [0.4, 0.5) is 5.69 Å². The number of thioether (sulfide) groups is 1. The number of hydrogen-bond acceptors (Lipinski definition) is 3. The van der Waals surface area contributed by atoms with Crippen LogP contribution in [0.25, 0.3) is 0 Å². The Kier molecular flexibility index (Phi) is 2.47. The van der Waals surface area contributed by atoms with E-state index in [-0.39, 0.29) is 6.61 Å². The summed E-state index contributed by atoms with van der Waals surface area (Å²) in [6, 6.07) is 6.60. The summed E-state index contributed by atoms with van der Waals surface area (Å²) in [6.45, 7) is 2.30. The third-order valence-electron chi connectivity index (χ3n) is 2.12. The maximum absolute atomic E-state index is 8.96. The van der Waals surface area contributed by atoms with Gasteiger partial charge in [0.1, 0.15) is 0 Å². The van der Waals surface area contributed by atoms with Gasteiger partial charge < -0.3 is 10.4 Å². The molecule has 1 aromatic carbocycles. The minimum absolute atomic E-state index is 0.128. The van der Waals surface area contributed by atoms with Crippen LogP contribution in [0.1, 0.15) is 12.5 Å². The first-order valence-electron chi connectivity index (χ1n) is 4.42. The third-order valence-corrected chi connectivity index (χ3v) is 3.43. The van der Waals surface area contributed by atoms with E-state index in [4.69, 9.17) is 5.11 Å². The molecule has 0 saturated heterocycles. The van der Waals surface area contributed by atoms with Crippen LogP contribution in [0.5, 0.6) is 0 Å². The number of hydrogen-bond donors (Lipinski definition) is 2. The average Bonchev–Trinajstić information content (AvgIpc) is 2.17. The van der Waals surface area contributed by atoms with Crippen LogP contribution in [0, 0.1) is 0 Å². The van der Waals surface area contributed by atoms with Crippen LogP contribution in [-0.2, 0) is 6.61 Å². The second-order valence-electron chi connectivity index (χ2n) is 3.35. The highest BCUT2D eigenvalue weighted by molar-refractivity contribution is 7.99. The summed E-state index contributed by atoms with van der Waals surface area (Å²) >= 11 is 1.85. The maximum atomic E-state index is 8.96. The Bertz CT molecular complexity index is 314. The Labute approximate surface area is 82.4 Å². The van der Waals surface area contributed by atoms with Crippen LogP contribution < -0.4 is 5.32 Å². The molecule has 1 aliphatic rings. The lowest BCUT2D eigenvalue weighted by molar-refractivity contribution is 0.281. The first kappa shape index (κ1) is 8.91. The minimum Gasteiger partial charge on any atom is -0.392 e.